The Kier molecular flexibility index (Phi) is 7.08. The molecule has 1 fully saturated rings. The molecular formula is C10H18ClNO4. The number of likely N-dealkylation sites (tertiary alicyclic amines) is 1. The van der Waals surface area contributed by atoms with E-state index in [-0.39, 0.29) is 18.8 Å². The molecule has 0 aliphatic carbocycles. The molecule has 0 radical (unpaired) electrons. The molecule has 1 atom stereocenters. The van der Waals surface area contributed by atoms with Crippen molar-refractivity contribution >= 4 is 24.3 Å². The standard InChI is InChI=1S/C10H17NO4.ClH/c1-15-9(12)7-8(10(13)14)11-5-3-2-4-6-11;/h8H,2-7H2,1H3,(H,13,14);1H. The summed E-state index contributed by atoms with van der Waals surface area (Å²) < 4.78 is 4.49. The average molecular weight is 252 g/mol. The predicted octanol–water partition coefficient (Wildman–Crippen LogP) is 0.910. The summed E-state index contributed by atoms with van der Waals surface area (Å²) in [7, 11) is 1.28. The van der Waals surface area contributed by atoms with E-state index in [0.717, 1.165) is 32.4 Å². The molecule has 0 aromatic rings. The topological polar surface area (TPSA) is 66.8 Å². The minimum absolute atomic E-state index is 0. The Morgan fingerprint density at radius 1 is 1.31 bits per heavy atom. The van der Waals surface area contributed by atoms with Gasteiger partial charge in [0.1, 0.15) is 6.04 Å². The molecule has 0 saturated carbocycles. The van der Waals surface area contributed by atoms with Crippen molar-refractivity contribution in [1.29, 1.82) is 0 Å². The number of halogens is 1. The van der Waals surface area contributed by atoms with Crippen molar-refractivity contribution in [2.75, 3.05) is 20.2 Å². The minimum Gasteiger partial charge on any atom is -0.480 e. The average Bonchev–Trinajstić information content (AvgIpc) is 2.26. The number of aliphatic carboxylic acids is 1. The third-order valence-electron chi connectivity index (χ3n) is 2.70. The lowest BCUT2D eigenvalue weighted by Crippen LogP contribution is -2.45. The summed E-state index contributed by atoms with van der Waals surface area (Å²) in [5, 5.41) is 9.02. The zero-order valence-electron chi connectivity index (χ0n) is 9.35. The van der Waals surface area contributed by atoms with Gasteiger partial charge in [-0.1, -0.05) is 6.42 Å². The third-order valence-corrected chi connectivity index (χ3v) is 2.70. The molecule has 1 heterocycles. The highest BCUT2D eigenvalue weighted by atomic mass is 35.5. The Hall–Kier alpha value is -0.810. The number of piperidine rings is 1. The second-order valence-electron chi connectivity index (χ2n) is 3.73. The number of ether oxygens (including phenoxy) is 1. The number of hydrogen-bond acceptors (Lipinski definition) is 4. The van der Waals surface area contributed by atoms with Crippen LogP contribution in [0.5, 0.6) is 0 Å². The normalized spacial score (nSPS) is 18.3. The van der Waals surface area contributed by atoms with E-state index in [9.17, 15) is 9.59 Å². The lowest BCUT2D eigenvalue weighted by molar-refractivity contribution is -0.151. The second kappa shape index (κ2) is 7.46. The first-order valence-electron chi connectivity index (χ1n) is 5.19. The fourth-order valence-electron chi connectivity index (χ4n) is 1.84. The molecule has 16 heavy (non-hydrogen) atoms. The summed E-state index contributed by atoms with van der Waals surface area (Å²) in [4.78, 5) is 23.9. The lowest BCUT2D eigenvalue weighted by Gasteiger charge is -2.31. The van der Waals surface area contributed by atoms with Gasteiger partial charge in [-0.3, -0.25) is 14.5 Å². The van der Waals surface area contributed by atoms with E-state index in [0.29, 0.717) is 0 Å². The predicted molar refractivity (Wildman–Crippen MR) is 60.7 cm³/mol. The molecule has 5 nitrogen and oxygen atoms in total. The molecule has 0 bridgehead atoms. The third kappa shape index (κ3) is 4.37. The van der Waals surface area contributed by atoms with Crippen LogP contribution in [0.4, 0.5) is 0 Å². The maximum Gasteiger partial charge on any atom is 0.321 e. The molecule has 0 aromatic carbocycles. The number of nitrogens with zero attached hydrogens (tertiary/aromatic N) is 1. The van der Waals surface area contributed by atoms with Crippen LogP contribution < -0.4 is 0 Å². The Labute approximate surface area is 101 Å². The molecule has 1 saturated heterocycles. The van der Waals surface area contributed by atoms with Crippen LogP contribution in [0, 0.1) is 0 Å². The number of methoxy groups -OCH3 is 1. The first-order valence-corrected chi connectivity index (χ1v) is 5.19. The van der Waals surface area contributed by atoms with E-state index >= 15 is 0 Å². The van der Waals surface area contributed by atoms with Crippen LogP contribution in [0.15, 0.2) is 0 Å². The molecular weight excluding hydrogens is 234 g/mol. The zero-order chi connectivity index (χ0) is 11.3. The van der Waals surface area contributed by atoms with Crippen molar-refractivity contribution in [3.05, 3.63) is 0 Å². The van der Waals surface area contributed by atoms with Crippen LogP contribution >= 0.6 is 12.4 Å². The number of esters is 1. The molecule has 1 aliphatic heterocycles. The van der Waals surface area contributed by atoms with Crippen LogP contribution in [0.3, 0.4) is 0 Å². The van der Waals surface area contributed by atoms with Crippen LogP contribution in [-0.2, 0) is 14.3 Å². The van der Waals surface area contributed by atoms with E-state index in [1.54, 1.807) is 0 Å². The quantitative estimate of drug-likeness (QED) is 0.753. The first kappa shape index (κ1) is 15.2. The van der Waals surface area contributed by atoms with Gasteiger partial charge >= 0.3 is 11.9 Å². The van der Waals surface area contributed by atoms with Gasteiger partial charge in [0, 0.05) is 0 Å². The maximum absolute atomic E-state index is 11.1. The van der Waals surface area contributed by atoms with Gasteiger partial charge in [-0.25, -0.2) is 0 Å². The van der Waals surface area contributed by atoms with E-state index in [1.807, 2.05) is 4.90 Å². The summed E-state index contributed by atoms with van der Waals surface area (Å²) in [6, 6.07) is -0.724. The van der Waals surface area contributed by atoms with E-state index < -0.39 is 18.0 Å². The Morgan fingerprint density at radius 3 is 2.31 bits per heavy atom. The van der Waals surface area contributed by atoms with Crippen molar-refractivity contribution in [3.63, 3.8) is 0 Å². The molecule has 0 spiro atoms. The van der Waals surface area contributed by atoms with Gasteiger partial charge in [0.25, 0.3) is 0 Å². The van der Waals surface area contributed by atoms with Gasteiger partial charge in [0.2, 0.25) is 0 Å². The number of hydrogen-bond donors (Lipinski definition) is 1. The Morgan fingerprint density at radius 2 is 1.88 bits per heavy atom. The van der Waals surface area contributed by atoms with Gasteiger partial charge in [-0.05, 0) is 25.9 Å². The lowest BCUT2D eigenvalue weighted by atomic mass is 10.1. The second-order valence-corrected chi connectivity index (χ2v) is 3.73. The van der Waals surface area contributed by atoms with Crippen LogP contribution in [-0.4, -0.2) is 48.2 Å². The Balaban J connectivity index is 0.00000225. The number of rotatable bonds is 4. The highest BCUT2D eigenvalue weighted by molar-refractivity contribution is 5.85. The van der Waals surface area contributed by atoms with Crippen molar-refractivity contribution < 1.29 is 19.4 Å². The zero-order valence-corrected chi connectivity index (χ0v) is 10.2. The summed E-state index contributed by atoms with van der Waals surface area (Å²) >= 11 is 0. The van der Waals surface area contributed by atoms with E-state index in [1.165, 1.54) is 7.11 Å². The van der Waals surface area contributed by atoms with Gasteiger partial charge in [-0.2, -0.15) is 0 Å². The Bertz CT molecular complexity index is 241. The van der Waals surface area contributed by atoms with Crippen LogP contribution in [0.1, 0.15) is 25.7 Å². The number of carbonyl (C=O) groups excluding carboxylic acids is 1. The van der Waals surface area contributed by atoms with Gasteiger partial charge in [0.15, 0.2) is 0 Å². The van der Waals surface area contributed by atoms with Crippen LogP contribution in [0.25, 0.3) is 0 Å². The number of carboxylic acids is 1. The van der Waals surface area contributed by atoms with Gasteiger partial charge in [-0.15, -0.1) is 12.4 Å². The van der Waals surface area contributed by atoms with Crippen molar-refractivity contribution in [2.24, 2.45) is 0 Å². The fourth-order valence-corrected chi connectivity index (χ4v) is 1.84. The molecule has 1 aliphatic rings. The molecule has 1 rings (SSSR count). The molecule has 1 unspecified atom stereocenters. The van der Waals surface area contributed by atoms with Crippen molar-refractivity contribution in [1.82, 2.24) is 4.90 Å². The van der Waals surface area contributed by atoms with E-state index in [4.69, 9.17) is 5.11 Å². The highest BCUT2D eigenvalue weighted by Gasteiger charge is 2.29. The summed E-state index contributed by atoms with van der Waals surface area (Å²) in [6.45, 7) is 1.52. The SMILES string of the molecule is COC(=O)CC(C(=O)O)N1CCCCC1.Cl. The highest BCUT2D eigenvalue weighted by Crippen LogP contribution is 2.14. The van der Waals surface area contributed by atoms with Gasteiger partial charge in [0.05, 0.1) is 13.5 Å². The number of carbonyl (C=O) groups is 2. The fraction of sp³-hybridized carbons (Fsp3) is 0.800. The first-order chi connectivity index (χ1) is 7.15. The van der Waals surface area contributed by atoms with Crippen molar-refractivity contribution in [2.45, 2.75) is 31.7 Å². The van der Waals surface area contributed by atoms with E-state index in [2.05, 4.69) is 4.74 Å². The monoisotopic (exact) mass is 251 g/mol. The molecule has 94 valence electrons. The molecule has 6 heteroatoms. The summed E-state index contributed by atoms with van der Waals surface area (Å²) in [6.07, 6.45) is 3.09. The number of carboxylic acid groups (broad SMARTS) is 1. The van der Waals surface area contributed by atoms with Crippen molar-refractivity contribution in [3.8, 4) is 0 Å². The minimum atomic E-state index is -0.942. The summed E-state index contributed by atoms with van der Waals surface area (Å²) in [5.41, 5.74) is 0. The molecule has 1 N–H and O–H groups in total. The molecule has 0 aromatic heterocycles. The van der Waals surface area contributed by atoms with Crippen LogP contribution in [0.2, 0.25) is 0 Å². The largest absolute Gasteiger partial charge is 0.480 e. The molecule has 0 amide bonds. The maximum atomic E-state index is 11.1. The summed E-state index contributed by atoms with van der Waals surface area (Å²) in [5.74, 6) is -1.41. The smallest absolute Gasteiger partial charge is 0.321 e. The van der Waals surface area contributed by atoms with Gasteiger partial charge < -0.3 is 9.84 Å².